The molecule has 0 spiro atoms. The Morgan fingerprint density at radius 3 is 2.19 bits per heavy atom. The molecule has 0 radical (unpaired) electrons. The highest BCUT2D eigenvalue weighted by atomic mass is 19.1. The first-order chi connectivity index (χ1) is 14.9. The van der Waals surface area contributed by atoms with Crippen molar-refractivity contribution in [3.8, 4) is 17.2 Å². The number of alkyl halides is 1. The molecule has 0 amide bonds. The molecule has 1 heterocycles. The van der Waals surface area contributed by atoms with E-state index in [9.17, 15) is 19.7 Å². The summed E-state index contributed by atoms with van der Waals surface area (Å²) in [5.41, 5.74) is 2.22. The molecule has 0 bridgehead atoms. The van der Waals surface area contributed by atoms with Gasteiger partial charge in [-0.15, -0.1) is 0 Å². The van der Waals surface area contributed by atoms with E-state index in [0.717, 1.165) is 16.9 Å². The Morgan fingerprint density at radius 1 is 0.935 bits per heavy atom. The summed E-state index contributed by atoms with van der Waals surface area (Å²) in [7, 11) is 3.00. The third-order valence-corrected chi connectivity index (χ3v) is 5.43. The molecular formula is C23H29FO7. The molecule has 2 aromatic rings. The lowest BCUT2D eigenvalue weighted by Crippen LogP contribution is -2.54. The van der Waals surface area contributed by atoms with Gasteiger partial charge in [-0.3, -0.25) is 0 Å². The van der Waals surface area contributed by atoms with Crippen LogP contribution < -0.4 is 14.2 Å². The van der Waals surface area contributed by atoms with Crippen LogP contribution in [-0.2, 0) is 11.2 Å². The van der Waals surface area contributed by atoms with Gasteiger partial charge in [0.05, 0.1) is 20.8 Å². The third-order valence-electron chi connectivity index (χ3n) is 5.43. The van der Waals surface area contributed by atoms with Crippen LogP contribution in [0, 0.1) is 0 Å². The SMILES string of the molecule is CCOc1ccc(Cc2cc([C@@H]3O[C@H](CF)[C@H](O)[C@H](O)[C@@H]3O)c(OC)cc2OC)cc1. The molecule has 31 heavy (non-hydrogen) atoms. The van der Waals surface area contributed by atoms with Gasteiger partial charge in [-0.25, -0.2) is 4.39 Å². The number of hydrogen-bond acceptors (Lipinski definition) is 7. The quantitative estimate of drug-likeness (QED) is 0.584. The Morgan fingerprint density at radius 2 is 1.61 bits per heavy atom. The smallest absolute Gasteiger partial charge is 0.128 e. The van der Waals surface area contributed by atoms with Gasteiger partial charge in [0, 0.05) is 18.1 Å². The molecular weight excluding hydrogens is 407 g/mol. The van der Waals surface area contributed by atoms with Crippen LogP contribution in [0.1, 0.15) is 29.7 Å². The van der Waals surface area contributed by atoms with Crippen molar-refractivity contribution in [1.29, 1.82) is 0 Å². The number of rotatable bonds is 8. The zero-order valence-electron chi connectivity index (χ0n) is 17.8. The van der Waals surface area contributed by atoms with E-state index in [1.165, 1.54) is 7.11 Å². The first-order valence-electron chi connectivity index (χ1n) is 10.2. The Bertz CT molecular complexity index is 856. The lowest BCUT2D eigenvalue weighted by molar-refractivity contribution is -0.227. The molecule has 1 aliphatic heterocycles. The summed E-state index contributed by atoms with van der Waals surface area (Å²) >= 11 is 0. The molecule has 1 fully saturated rings. The van der Waals surface area contributed by atoms with Crippen molar-refractivity contribution in [3.05, 3.63) is 53.1 Å². The van der Waals surface area contributed by atoms with E-state index in [0.29, 0.717) is 30.1 Å². The van der Waals surface area contributed by atoms with E-state index < -0.39 is 37.2 Å². The predicted molar refractivity (Wildman–Crippen MR) is 112 cm³/mol. The highest BCUT2D eigenvalue weighted by Crippen LogP contribution is 2.40. The standard InChI is InChI=1S/C23H29FO7/c1-4-30-15-7-5-13(6-8-15)9-14-10-16(18(29-3)11-17(14)28-2)23-22(27)21(26)20(25)19(12-24)31-23/h5-8,10-11,19-23,25-27H,4,9,12H2,1-3H3/t19-,20+,21+,22+,23+/m1/s1. The average Bonchev–Trinajstić information content (AvgIpc) is 2.79. The molecule has 1 aliphatic rings. The Balaban J connectivity index is 1.97. The van der Waals surface area contributed by atoms with Gasteiger partial charge in [-0.2, -0.15) is 0 Å². The minimum absolute atomic E-state index is 0.359. The molecule has 7 nitrogen and oxygen atoms in total. The van der Waals surface area contributed by atoms with Gasteiger partial charge >= 0.3 is 0 Å². The first-order valence-corrected chi connectivity index (χ1v) is 10.2. The fraction of sp³-hybridized carbons (Fsp3) is 0.478. The van der Waals surface area contributed by atoms with Crippen molar-refractivity contribution >= 4 is 0 Å². The van der Waals surface area contributed by atoms with Gasteiger partial charge in [0.25, 0.3) is 0 Å². The summed E-state index contributed by atoms with van der Waals surface area (Å²) in [6, 6.07) is 11.1. The third kappa shape index (κ3) is 4.93. The van der Waals surface area contributed by atoms with Gasteiger partial charge in [-0.05, 0) is 36.2 Å². The second-order valence-corrected chi connectivity index (χ2v) is 7.38. The number of halogens is 1. The number of methoxy groups -OCH3 is 2. The Labute approximate surface area is 180 Å². The first kappa shape index (κ1) is 23.3. The Hall–Kier alpha value is -2.39. The summed E-state index contributed by atoms with van der Waals surface area (Å²) in [5, 5.41) is 30.7. The summed E-state index contributed by atoms with van der Waals surface area (Å²) < 4.78 is 35.4. The molecule has 3 rings (SSSR count). The summed E-state index contributed by atoms with van der Waals surface area (Å²) in [6.07, 6.45) is -6.38. The van der Waals surface area contributed by atoms with Crippen LogP contribution in [0.15, 0.2) is 36.4 Å². The van der Waals surface area contributed by atoms with Crippen LogP contribution >= 0.6 is 0 Å². The van der Waals surface area contributed by atoms with Crippen LogP contribution in [0.25, 0.3) is 0 Å². The zero-order chi connectivity index (χ0) is 22.5. The maximum Gasteiger partial charge on any atom is 0.128 e. The van der Waals surface area contributed by atoms with Crippen LogP contribution in [0.5, 0.6) is 17.2 Å². The Kier molecular flexibility index (Phi) is 7.72. The topological polar surface area (TPSA) is 97.6 Å². The maximum absolute atomic E-state index is 13.3. The van der Waals surface area contributed by atoms with E-state index in [2.05, 4.69) is 0 Å². The molecule has 1 saturated heterocycles. The van der Waals surface area contributed by atoms with Crippen molar-refractivity contribution in [2.24, 2.45) is 0 Å². The van der Waals surface area contributed by atoms with Gasteiger partial charge in [0.1, 0.15) is 54.4 Å². The molecule has 2 aromatic carbocycles. The fourth-order valence-corrected chi connectivity index (χ4v) is 3.78. The van der Waals surface area contributed by atoms with E-state index in [-0.39, 0.29) is 0 Å². The van der Waals surface area contributed by atoms with Crippen molar-refractivity contribution in [2.45, 2.75) is 43.9 Å². The fourth-order valence-electron chi connectivity index (χ4n) is 3.78. The van der Waals surface area contributed by atoms with E-state index in [1.807, 2.05) is 31.2 Å². The second-order valence-electron chi connectivity index (χ2n) is 7.38. The van der Waals surface area contributed by atoms with Crippen molar-refractivity contribution < 1.29 is 38.7 Å². The number of aliphatic hydroxyl groups is 3. The molecule has 0 unspecified atom stereocenters. The van der Waals surface area contributed by atoms with Gasteiger partial charge in [0.15, 0.2) is 0 Å². The van der Waals surface area contributed by atoms with Gasteiger partial charge < -0.3 is 34.3 Å². The lowest BCUT2D eigenvalue weighted by Gasteiger charge is -2.40. The van der Waals surface area contributed by atoms with Crippen LogP contribution in [-0.4, -0.2) is 67.2 Å². The van der Waals surface area contributed by atoms with Gasteiger partial charge in [0.2, 0.25) is 0 Å². The molecule has 170 valence electrons. The maximum atomic E-state index is 13.3. The minimum atomic E-state index is -1.55. The van der Waals surface area contributed by atoms with Crippen molar-refractivity contribution in [2.75, 3.05) is 27.5 Å². The average molecular weight is 436 g/mol. The molecule has 8 heteroatoms. The molecule has 0 saturated carbocycles. The van der Waals surface area contributed by atoms with E-state index in [1.54, 1.807) is 19.2 Å². The number of ether oxygens (including phenoxy) is 4. The molecule has 3 N–H and O–H groups in total. The van der Waals surface area contributed by atoms with Gasteiger partial charge in [-0.1, -0.05) is 12.1 Å². The van der Waals surface area contributed by atoms with Crippen LogP contribution in [0.4, 0.5) is 4.39 Å². The van der Waals surface area contributed by atoms with E-state index >= 15 is 0 Å². The number of aliphatic hydroxyl groups excluding tert-OH is 3. The summed E-state index contributed by atoms with van der Waals surface area (Å²) in [4.78, 5) is 0. The van der Waals surface area contributed by atoms with E-state index in [4.69, 9.17) is 18.9 Å². The highest BCUT2D eigenvalue weighted by molar-refractivity contribution is 5.50. The van der Waals surface area contributed by atoms with Crippen LogP contribution in [0.2, 0.25) is 0 Å². The number of hydrogen-bond donors (Lipinski definition) is 3. The van der Waals surface area contributed by atoms with Crippen molar-refractivity contribution in [1.82, 2.24) is 0 Å². The monoisotopic (exact) mass is 436 g/mol. The zero-order valence-corrected chi connectivity index (χ0v) is 17.8. The predicted octanol–water partition coefficient (Wildman–Crippen LogP) is 2.19. The van der Waals surface area contributed by atoms with Crippen molar-refractivity contribution in [3.63, 3.8) is 0 Å². The number of benzene rings is 2. The summed E-state index contributed by atoms with van der Waals surface area (Å²) in [6.45, 7) is 1.50. The molecule has 0 aromatic heterocycles. The normalized spacial score (nSPS) is 25.8. The second kappa shape index (κ2) is 10.3. The highest BCUT2D eigenvalue weighted by Gasteiger charge is 2.45. The molecule has 5 atom stereocenters. The van der Waals surface area contributed by atoms with Crippen LogP contribution in [0.3, 0.4) is 0 Å². The largest absolute Gasteiger partial charge is 0.496 e. The summed E-state index contributed by atoms with van der Waals surface area (Å²) in [5.74, 6) is 1.71. The minimum Gasteiger partial charge on any atom is -0.496 e. The lowest BCUT2D eigenvalue weighted by atomic mass is 9.89. The molecule has 0 aliphatic carbocycles.